The van der Waals surface area contributed by atoms with Crippen LogP contribution in [0.4, 0.5) is 10.1 Å². The van der Waals surface area contributed by atoms with Gasteiger partial charge >= 0.3 is 0 Å². The van der Waals surface area contributed by atoms with Crippen molar-refractivity contribution in [1.82, 2.24) is 9.55 Å². The Kier molecular flexibility index (Phi) is 6.60. The third-order valence-corrected chi connectivity index (χ3v) is 5.74. The molecule has 0 spiro atoms. The molecule has 1 N–H and O–H groups in total. The van der Waals surface area contributed by atoms with Crippen LogP contribution in [-0.2, 0) is 4.79 Å². The maximum absolute atomic E-state index is 14.6. The minimum atomic E-state index is -0.563. The molecule has 0 radical (unpaired) electrons. The molecular weight excluding hydrogens is 445 g/mol. The molecule has 4 aromatic rings. The Balaban J connectivity index is 1.65. The Labute approximate surface area is 193 Å². The number of benzene rings is 3. The van der Waals surface area contributed by atoms with Gasteiger partial charge in [-0.2, -0.15) is 0 Å². The molecule has 0 aliphatic rings. The lowest BCUT2D eigenvalue weighted by Gasteiger charge is -2.14. The Morgan fingerprint density at radius 1 is 1.03 bits per heavy atom. The molecule has 0 saturated carbocycles. The molecule has 0 aliphatic carbocycles. The largest absolute Gasteiger partial charge is 0.497 e. The molecule has 1 heterocycles. The van der Waals surface area contributed by atoms with Gasteiger partial charge in [-0.1, -0.05) is 36.0 Å². The normalized spacial score (nSPS) is 10.8. The fraction of sp³-hybridized carbons (Fsp3) is 0.125. The van der Waals surface area contributed by atoms with Gasteiger partial charge in [-0.25, -0.2) is 9.37 Å². The van der Waals surface area contributed by atoms with E-state index in [2.05, 4.69) is 10.3 Å². The number of anilines is 1. The number of rotatable bonds is 7. The molecule has 3 aromatic carbocycles. The average Bonchev–Trinajstić information content (AvgIpc) is 2.83. The van der Waals surface area contributed by atoms with Crippen molar-refractivity contribution in [3.63, 3.8) is 0 Å². The number of hydrogen-bond acceptors (Lipinski definition) is 6. The summed E-state index contributed by atoms with van der Waals surface area (Å²) in [6, 6.07) is 17.8. The van der Waals surface area contributed by atoms with Crippen LogP contribution in [0.15, 0.2) is 76.7 Å². The molecule has 4 rings (SSSR count). The van der Waals surface area contributed by atoms with Crippen LogP contribution in [0.2, 0.25) is 0 Å². The highest BCUT2D eigenvalue weighted by atomic mass is 32.2. The third kappa shape index (κ3) is 4.83. The van der Waals surface area contributed by atoms with Crippen molar-refractivity contribution in [1.29, 1.82) is 0 Å². The number of methoxy groups -OCH3 is 2. The second kappa shape index (κ2) is 9.74. The summed E-state index contributed by atoms with van der Waals surface area (Å²) in [5, 5.41) is 3.34. The monoisotopic (exact) mass is 465 g/mol. The summed E-state index contributed by atoms with van der Waals surface area (Å²) < 4.78 is 26.2. The van der Waals surface area contributed by atoms with Gasteiger partial charge < -0.3 is 14.8 Å². The van der Waals surface area contributed by atoms with E-state index >= 15 is 0 Å². The SMILES string of the molecule is COc1cc(NC(=O)CSc2nc3ccccc3c(=O)n2-c2ccccc2F)cc(OC)c1. The topological polar surface area (TPSA) is 82.5 Å². The molecule has 0 aliphatic heterocycles. The zero-order chi connectivity index (χ0) is 23.4. The molecular formula is C24H20FN3O4S. The zero-order valence-electron chi connectivity index (χ0n) is 17.9. The van der Waals surface area contributed by atoms with Crippen molar-refractivity contribution in [2.24, 2.45) is 0 Å². The first-order valence-electron chi connectivity index (χ1n) is 9.92. The highest BCUT2D eigenvalue weighted by molar-refractivity contribution is 7.99. The van der Waals surface area contributed by atoms with Gasteiger partial charge in [0, 0.05) is 23.9 Å². The van der Waals surface area contributed by atoms with Gasteiger partial charge in [0.15, 0.2) is 5.16 Å². The third-order valence-electron chi connectivity index (χ3n) is 4.81. The molecule has 0 bridgehead atoms. The summed E-state index contributed by atoms with van der Waals surface area (Å²) in [5.41, 5.74) is 0.623. The molecule has 0 fully saturated rings. The number of nitrogens with one attached hydrogen (secondary N) is 1. The van der Waals surface area contributed by atoms with Gasteiger partial charge in [0.2, 0.25) is 5.91 Å². The molecule has 0 unspecified atom stereocenters. The highest BCUT2D eigenvalue weighted by Gasteiger charge is 2.17. The number of aromatic nitrogens is 2. The molecule has 7 nitrogen and oxygen atoms in total. The predicted molar refractivity (Wildman–Crippen MR) is 126 cm³/mol. The van der Waals surface area contributed by atoms with Crippen molar-refractivity contribution >= 4 is 34.3 Å². The summed E-state index contributed by atoms with van der Waals surface area (Å²) >= 11 is 1.04. The Morgan fingerprint density at radius 3 is 2.39 bits per heavy atom. The number of amides is 1. The number of para-hydroxylation sites is 2. The van der Waals surface area contributed by atoms with E-state index in [4.69, 9.17) is 9.47 Å². The van der Waals surface area contributed by atoms with Crippen molar-refractivity contribution in [3.8, 4) is 17.2 Å². The van der Waals surface area contributed by atoms with Gasteiger partial charge in [0.05, 0.1) is 36.6 Å². The summed E-state index contributed by atoms with van der Waals surface area (Å²) in [5.74, 6) is 0.103. The van der Waals surface area contributed by atoms with Gasteiger partial charge in [-0.3, -0.25) is 14.2 Å². The van der Waals surface area contributed by atoms with E-state index in [9.17, 15) is 14.0 Å². The van der Waals surface area contributed by atoms with Crippen LogP contribution >= 0.6 is 11.8 Å². The Hall–Kier alpha value is -3.85. The number of thioether (sulfide) groups is 1. The zero-order valence-corrected chi connectivity index (χ0v) is 18.7. The van der Waals surface area contributed by atoms with Crippen LogP contribution in [0.25, 0.3) is 16.6 Å². The lowest BCUT2D eigenvalue weighted by molar-refractivity contribution is -0.113. The molecule has 1 aromatic heterocycles. The number of carbonyl (C=O) groups is 1. The highest BCUT2D eigenvalue weighted by Crippen LogP contribution is 2.27. The maximum Gasteiger partial charge on any atom is 0.266 e. The predicted octanol–water partition coefficient (Wildman–Crippen LogP) is 4.27. The standard InChI is InChI=1S/C24H20FN3O4S/c1-31-16-11-15(12-17(13-16)32-2)26-22(29)14-33-24-27-20-9-5-3-7-18(20)23(30)28(24)21-10-6-4-8-19(21)25/h3-13H,14H2,1-2H3,(H,26,29). The number of nitrogens with zero attached hydrogens (tertiary/aromatic N) is 2. The van der Waals surface area contributed by atoms with Gasteiger partial charge in [0.1, 0.15) is 17.3 Å². The van der Waals surface area contributed by atoms with Crippen LogP contribution in [0, 0.1) is 5.82 Å². The van der Waals surface area contributed by atoms with E-state index in [1.165, 1.54) is 30.9 Å². The summed E-state index contributed by atoms with van der Waals surface area (Å²) in [4.78, 5) is 30.4. The van der Waals surface area contributed by atoms with Crippen molar-refractivity contribution < 1.29 is 18.7 Å². The fourth-order valence-electron chi connectivity index (χ4n) is 3.26. The number of carbonyl (C=O) groups excluding carboxylic acids is 1. The lowest BCUT2D eigenvalue weighted by atomic mass is 10.2. The lowest BCUT2D eigenvalue weighted by Crippen LogP contribution is -2.23. The maximum atomic E-state index is 14.6. The van der Waals surface area contributed by atoms with E-state index in [0.29, 0.717) is 28.1 Å². The van der Waals surface area contributed by atoms with E-state index in [-0.39, 0.29) is 22.5 Å². The molecule has 33 heavy (non-hydrogen) atoms. The summed E-state index contributed by atoms with van der Waals surface area (Å²) in [6.07, 6.45) is 0. The van der Waals surface area contributed by atoms with E-state index in [0.717, 1.165) is 11.8 Å². The summed E-state index contributed by atoms with van der Waals surface area (Å²) in [6.45, 7) is 0. The molecule has 0 saturated heterocycles. The first-order valence-corrected chi connectivity index (χ1v) is 10.9. The minimum Gasteiger partial charge on any atom is -0.497 e. The average molecular weight is 466 g/mol. The van der Waals surface area contributed by atoms with Crippen LogP contribution in [-0.4, -0.2) is 35.4 Å². The number of fused-ring (bicyclic) bond motifs is 1. The van der Waals surface area contributed by atoms with Crippen LogP contribution in [0.5, 0.6) is 11.5 Å². The van der Waals surface area contributed by atoms with E-state index in [1.807, 2.05) is 0 Å². The van der Waals surface area contributed by atoms with Crippen LogP contribution < -0.4 is 20.3 Å². The van der Waals surface area contributed by atoms with Gasteiger partial charge in [-0.05, 0) is 24.3 Å². The Morgan fingerprint density at radius 2 is 1.70 bits per heavy atom. The number of halogens is 1. The van der Waals surface area contributed by atoms with Gasteiger partial charge in [0.25, 0.3) is 5.56 Å². The van der Waals surface area contributed by atoms with E-state index < -0.39 is 11.4 Å². The fourth-order valence-corrected chi connectivity index (χ4v) is 4.07. The van der Waals surface area contributed by atoms with E-state index in [1.54, 1.807) is 54.6 Å². The first-order chi connectivity index (χ1) is 16.0. The molecule has 1 amide bonds. The van der Waals surface area contributed by atoms with Crippen molar-refractivity contribution in [2.75, 3.05) is 25.3 Å². The van der Waals surface area contributed by atoms with Crippen LogP contribution in [0.3, 0.4) is 0 Å². The molecule has 0 atom stereocenters. The second-order valence-corrected chi connectivity index (χ2v) is 7.88. The van der Waals surface area contributed by atoms with Crippen molar-refractivity contribution in [3.05, 3.63) is 82.9 Å². The smallest absolute Gasteiger partial charge is 0.266 e. The first kappa shape index (κ1) is 22.3. The number of hydrogen-bond donors (Lipinski definition) is 1. The van der Waals surface area contributed by atoms with Crippen LogP contribution in [0.1, 0.15) is 0 Å². The second-order valence-electron chi connectivity index (χ2n) is 6.94. The molecule has 168 valence electrons. The Bertz CT molecular complexity index is 1370. The quantitative estimate of drug-likeness (QED) is 0.324. The minimum absolute atomic E-state index is 0.0568. The number of ether oxygens (including phenoxy) is 2. The molecule has 9 heteroatoms. The van der Waals surface area contributed by atoms with Crippen molar-refractivity contribution in [2.45, 2.75) is 5.16 Å². The van der Waals surface area contributed by atoms with Gasteiger partial charge in [-0.15, -0.1) is 0 Å². The summed E-state index contributed by atoms with van der Waals surface area (Å²) in [7, 11) is 3.03.